The number of nitrogens with zero attached hydrogens (tertiary/aromatic N) is 1. The first kappa shape index (κ1) is 15.4. The van der Waals surface area contributed by atoms with Crippen LogP contribution in [0.15, 0.2) is 0 Å². The molecule has 1 fully saturated rings. The van der Waals surface area contributed by atoms with E-state index in [-0.39, 0.29) is 5.91 Å². The second kappa shape index (κ2) is 7.74. The summed E-state index contributed by atoms with van der Waals surface area (Å²) >= 11 is 0. The highest BCUT2D eigenvalue weighted by atomic mass is 16.5. The van der Waals surface area contributed by atoms with Crippen LogP contribution in [0.4, 0.5) is 0 Å². The molecular formula is C14H28N2O2. The Morgan fingerprint density at radius 2 is 2.11 bits per heavy atom. The van der Waals surface area contributed by atoms with E-state index in [0.29, 0.717) is 37.5 Å². The second-order valence-electron chi connectivity index (χ2n) is 5.75. The molecule has 0 aromatic heterocycles. The van der Waals surface area contributed by atoms with E-state index in [1.165, 1.54) is 0 Å². The molecule has 1 rings (SSSR count). The largest absolute Gasteiger partial charge is 0.383 e. The highest BCUT2D eigenvalue weighted by Gasteiger charge is 2.32. The number of nitrogens with two attached hydrogens (primary N) is 1. The van der Waals surface area contributed by atoms with E-state index >= 15 is 0 Å². The first-order valence-electron chi connectivity index (χ1n) is 7.07. The van der Waals surface area contributed by atoms with Gasteiger partial charge in [-0.1, -0.05) is 13.8 Å². The summed E-state index contributed by atoms with van der Waals surface area (Å²) in [6.07, 6.45) is 3.92. The van der Waals surface area contributed by atoms with Crippen LogP contribution in [0.2, 0.25) is 0 Å². The first-order chi connectivity index (χ1) is 8.58. The quantitative estimate of drug-likeness (QED) is 0.682. The topological polar surface area (TPSA) is 55.6 Å². The van der Waals surface area contributed by atoms with E-state index < -0.39 is 0 Å². The van der Waals surface area contributed by atoms with Gasteiger partial charge in [-0.25, -0.2) is 0 Å². The van der Waals surface area contributed by atoms with Crippen LogP contribution < -0.4 is 5.73 Å². The van der Waals surface area contributed by atoms with Gasteiger partial charge in [0, 0.05) is 26.1 Å². The lowest BCUT2D eigenvalue weighted by molar-refractivity contribution is -0.133. The highest BCUT2D eigenvalue weighted by molar-refractivity contribution is 5.77. The maximum Gasteiger partial charge on any atom is 0.223 e. The summed E-state index contributed by atoms with van der Waals surface area (Å²) in [5.74, 6) is 1.17. The zero-order valence-electron chi connectivity index (χ0n) is 12.0. The van der Waals surface area contributed by atoms with Gasteiger partial charge in [0.1, 0.15) is 0 Å². The van der Waals surface area contributed by atoms with Gasteiger partial charge in [-0.15, -0.1) is 0 Å². The molecule has 18 heavy (non-hydrogen) atoms. The van der Waals surface area contributed by atoms with Crippen molar-refractivity contribution >= 4 is 5.91 Å². The summed E-state index contributed by atoms with van der Waals surface area (Å²) in [6.45, 7) is 6.30. The van der Waals surface area contributed by atoms with Crippen LogP contribution in [0, 0.1) is 11.8 Å². The predicted molar refractivity (Wildman–Crippen MR) is 73.2 cm³/mol. The van der Waals surface area contributed by atoms with Crippen LogP contribution in [-0.4, -0.2) is 43.7 Å². The molecule has 0 saturated heterocycles. The van der Waals surface area contributed by atoms with Gasteiger partial charge in [0.15, 0.2) is 0 Å². The lowest BCUT2D eigenvalue weighted by atomic mass is 9.94. The van der Waals surface area contributed by atoms with Crippen molar-refractivity contribution in [2.75, 3.05) is 26.8 Å². The molecule has 4 heteroatoms. The van der Waals surface area contributed by atoms with Crippen molar-refractivity contribution in [3.63, 3.8) is 0 Å². The summed E-state index contributed by atoms with van der Waals surface area (Å²) in [7, 11) is 1.68. The van der Waals surface area contributed by atoms with E-state index in [2.05, 4.69) is 13.8 Å². The molecule has 4 nitrogen and oxygen atoms in total. The number of hydrogen-bond donors (Lipinski definition) is 1. The molecule has 0 bridgehead atoms. The third kappa shape index (κ3) is 5.36. The number of methoxy groups -OCH3 is 1. The Labute approximate surface area is 111 Å². The van der Waals surface area contributed by atoms with Gasteiger partial charge in [0.05, 0.1) is 6.61 Å². The maximum atomic E-state index is 12.3. The van der Waals surface area contributed by atoms with Crippen LogP contribution >= 0.6 is 0 Å². The van der Waals surface area contributed by atoms with E-state index in [1.807, 2.05) is 4.90 Å². The van der Waals surface area contributed by atoms with Crippen LogP contribution in [0.5, 0.6) is 0 Å². The van der Waals surface area contributed by atoms with E-state index in [1.54, 1.807) is 7.11 Å². The van der Waals surface area contributed by atoms with Crippen molar-refractivity contribution in [1.82, 2.24) is 4.90 Å². The number of ether oxygens (including phenoxy) is 1. The monoisotopic (exact) mass is 256 g/mol. The van der Waals surface area contributed by atoms with Crippen molar-refractivity contribution < 1.29 is 9.53 Å². The van der Waals surface area contributed by atoms with E-state index in [9.17, 15) is 4.79 Å². The summed E-state index contributed by atoms with van der Waals surface area (Å²) in [6, 6.07) is 0.463. The standard InChI is InChI=1S/C14H28N2O2/c1-11(2)8-12(10-15)9-14(17)16(6-7-18-3)13-4-5-13/h11-13H,4-10,15H2,1-3H3. The van der Waals surface area contributed by atoms with E-state index in [4.69, 9.17) is 10.5 Å². The lowest BCUT2D eigenvalue weighted by Crippen LogP contribution is -2.37. The number of rotatable bonds is 9. The summed E-state index contributed by atoms with van der Waals surface area (Å²) in [5, 5.41) is 0. The van der Waals surface area contributed by atoms with Gasteiger partial charge in [0.25, 0.3) is 0 Å². The van der Waals surface area contributed by atoms with Gasteiger partial charge >= 0.3 is 0 Å². The van der Waals surface area contributed by atoms with Crippen molar-refractivity contribution in [3.05, 3.63) is 0 Å². The molecular weight excluding hydrogens is 228 g/mol. The molecule has 1 saturated carbocycles. The third-order valence-electron chi connectivity index (χ3n) is 3.45. The summed E-state index contributed by atoms with van der Waals surface area (Å²) in [4.78, 5) is 14.3. The average Bonchev–Trinajstić information content (AvgIpc) is 3.12. The average molecular weight is 256 g/mol. The minimum absolute atomic E-state index is 0.255. The molecule has 0 heterocycles. The summed E-state index contributed by atoms with van der Waals surface area (Å²) < 4.78 is 5.08. The minimum atomic E-state index is 0.255. The Balaban J connectivity index is 2.43. The van der Waals surface area contributed by atoms with Gasteiger partial charge in [-0.2, -0.15) is 0 Å². The number of hydrogen-bond acceptors (Lipinski definition) is 3. The molecule has 1 aliphatic carbocycles. The van der Waals surface area contributed by atoms with Gasteiger partial charge < -0.3 is 15.4 Å². The van der Waals surface area contributed by atoms with Crippen LogP contribution in [0.3, 0.4) is 0 Å². The second-order valence-corrected chi connectivity index (χ2v) is 5.75. The minimum Gasteiger partial charge on any atom is -0.383 e. The zero-order chi connectivity index (χ0) is 13.5. The van der Waals surface area contributed by atoms with Crippen molar-refractivity contribution in [2.24, 2.45) is 17.6 Å². The smallest absolute Gasteiger partial charge is 0.223 e. The number of carbonyl (C=O) groups excluding carboxylic acids is 1. The fourth-order valence-corrected chi connectivity index (χ4v) is 2.38. The van der Waals surface area contributed by atoms with Crippen molar-refractivity contribution in [2.45, 2.75) is 45.6 Å². The first-order valence-corrected chi connectivity index (χ1v) is 7.07. The van der Waals surface area contributed by atoms with Crippen molar-refractivity contribution in [3.8, 4) is 0 Å². The molecule has 0 aliphatic heterocycles. The van der Waals surface area contributed by atoms with E-state index in [0.717, 1.165) is 25.8 Å². The molecule has 1 atom stereocenters. The zero-order valence-corrected chi connectivity index (χ0v) is 12.0. The molecule has 106 valence electrons. The molecule has 0 radical (unpaired) electrons. The normalized spacial score (nSPS) is 16.9. The molecule has 2 N–H and O–H groups in total. The van der Waals surface area contributed by atoms with Gasteiger partial charge in [0.2, 0.25) is 5.91 Å². The molecule has 0 aromatic rings. The third-order valence-corrected chi connectivity index (χ3v) is 3.45. The Kier molecular flexibility index (Phi) is 6.65. The fourth-order valence-electron chi connectivity index (χ4n) is 2.38. The number of amides is 1. The molecule has 1 unspecified atom stereocenters. The molecule has 0 spiro atoms. The molecule has 0 aromatic carbocycles. The Bertz CT molecular complexity index is 252. The lowest BCUT2D eigenvalue weighted by Gasteiger charge is -2.25. The van der Waals surface area contributed by atoms with Crippen LogP contribution in [0.25, 0.3) is 0 Å². The van der Waals surface area contributed by atoms with Crippen LogP contribution in [0.1, 0.15) is 39.5 Å². The number of carbonyl (C=O) groups is 1. The Hall–Kier alpha value is -0.610. The molecule has 1 amide bonds. The highest BCUT2D eigenvalue weighted by Crippen LogP contribution is 2.28. The van der Waals surface area contributed by atoms with Gasteiger partial charge in [-0.05, 0) is 37.6 Å². The fraction of sp³-hybridized carbons (Fsp3) is 0.929. The van der Waals surface area contributed by atoms with Gasteiger partial charge in [-0.3, -0.25) is 4.79 Å². The molecule has 1 aliphatic rings. The van der Waals surface area contributed by atoms with Crippen LogP contribution in [-0.2, 0) is 9.53 Å². The summed E-state index contributed by atoms with van der Waals surface area (Å²) in [5.41, 5.74) is 5.77. The Morgan fingerprint density at radius 3 is 2.56 bits per heavy atom. The Morgan fingerprint density at radius 1 is 1.44 bits per heavy atom. The maximum absolute atomic E-state index is 12.3. The predicted octanol–water partition coefficient (Wildman–Crippen LogP) is 1.63. The SMILES string of the molecule is COCCN(C(=O)CC(CN)CC(C)C)C1CC1. The van der Waals surface area contributed by atoms with Crippen molar-refractivity contribution in [1.29, 1.82) is 0 Å².